The fraction of sp³-hybridized carbons (Fsp3) is 0.185. The Labute approximate surface area is 221 Å². The number of pyridine rings is 1. The molecule has 0 radical (unpaired) electrons. The van der Waals surface area contributed by atoms with Crippen LogP contribution in [0.2, 0.25) is 0 Å². The second-order valence-corrected chi connectivity index (χ2v) is 8.49. The molecule has 200 valence electrons. The molecule has 12 heteroatoms. The van der Waals surface area contributed by atoms with Crippen LogP contribution in [0.3, 0.4) is 0 Å². The summed E-state index contributed by atoms with van der Waals surface area (Å²) in [6, 6.07) is 16.1. The number of H-pyrrole nitrogens is 1. The molecule has 5 rings (SSSR count). The summed E-state index contributed by atoms with van der Waals surface area (Å²) in [6.07, 6.45) is 2.99. The van der Waals surface area contributed by atoms with E-state index in [1.165, 1.54) is 43.8 Å². The van der Waals surface area contributed by atoms with Crippen LogP contribution in [0.25, 0.3) is 11.2 Å². The highest BCUT2D eigenvalue weighted by Crippen LogP contribution is 2.39. The zero-order valence-electron chi connectivity index (χ0n) is 20.9. The number of alkyl halides is 2. The predicted molar refractivity (Wildman–Crippen MR) is 138 cm³/mol. The van der Waals surface area contributed by atoms with E-state index in [2.05, 4.69) is 30.2 Å². The molecule has 0 aliphatic rings. The van der Waals surface area contributed by atoms with E-state index in [4.69, 9.17) is 4.74 Å². The minimum absolute atomic E-state index is 0.0483. The fourth-order valence-electron chi connectivity index (χ4n) is 4.45. The Morgan fingerprint density at radius 1 is 1.13 bits per heavy atom. The van der Waals surface area contributed by atoms with Gasteiger partial charge in [0.05, 0.1) is 24.5 Å². The first-order chi connectivity index (χ1) is 18.8. The predicted octanol–water partition coefficient (Wildman–Crippen LogP) is 4.32. The minimum Gasteiger partial charge on any atom is -0.480 e. The molecule has 10 nitrogen and oxygen atoms in total. The molecule has 5 aromatic rings. The zero-order valence-corrected chi connectivity index (χ0v) is 20.9. The number of aryl methyl sites for hydroxylation is 1. The second kappa shape index (κ2) is 10.5. The number of amides is 1. The van der Waals surface area contributed by atoms with Crippen molar-refractivity contribution in [1.82, 2.24) is 24.7 Å². The number of nitrogens with zero attached hydrogens (tertiary/aromatic N) is 4. The average molecular weight is 535 g/mol. The third-order valence-corrected chi connectivity index (χ3v) is 6.23. The van der Waals surface area contributed by atoms with Crippen molar-refractivity contribution in [1.29, 1.82) is 0 Å². The summed E-state index contributed by atoms with van der Waals surface area (Å²) < 4.78 is 37.1. The number of aliphatic hydroxyl groups is 1. The molecule has 0 saturated heterocycles. The lowest BCUT2D eigenvalue weighted by molar-refractivity contribution is -0.0498. The average Bonchev–Trinajstić information content (AvgIpc) is 3.59. The number of nitrogens with one attached hydrogen (secondary N) is 2. The van der Waals surface area contributed by atoms with E-state index < -0.39 is 18.1 Å². The van der Waals surface area contributed by atoms with Crippen molar-refractivity contribution < 1.29 is 28.2 Å². The first-order valence-electron chi connectivity index (χ1n) is 11.9. The van der Waals surface area contributed by atoms with Crippen LogP contribution >= 0.6 is 0 Å². The summed E-state index contributed by atoms with van der Waals surface area (Å²) in [4.78, 5) is 22.2. The van der Waals surface area contributed by atoms with Crippen molar-refractivity contribution in [3.8, 4) is 11.6 Å². The van der Waals surface area contributed by atoms with Gasteiger partial charge in [-0.1, -0.05) is 42.5 Å². The van der Waals surface area contributed by atoms with Gasteiger partial charge < -0.3 is 24.5 Å². The van der Waals surface area contributed by atoms with Crippen LogP contribution in [-0.4, -0.2) is 49.5 Å². The molecule has 1 unspecified atom stereocenters. The number of imidazole rings is 1. The molecule has 0 aliphatic heterocycles. The Morgan fingerprint density at radius 2 is 1.85 bits per heavy atom. The second-order valence-electron chi connectivity index (χ2n) is 8.49. The Bertz CT molecular complexity index is 1590. The van der Waals surface area contributed by atoms with E-state index in [1.807, 2.05) is 13.0 Å². The molecule has 0 aliphatic carbocycles. The first-order valence-corrected chi connectivity index (χ1v) is 11.9. The van der Waals surface area contributed by atoms with Gasteiger partial charge in [-0.3, -0.25) is 9.89 Å². The lowest BCUT2D eigenvalue weighted by atomic mass is 9.85. The molecule has 1 atom stereocenters. The van der Waals surface area contributed by atoms with Gasteiger partial charge in [-0.2, -0.15) is 18.9 Å². The third-order valence-electron chi connectivity index (χ3n) is 6.23. The molecule has 0 fully saturated rings. The molecule has 3 N–H and O–H groups in total. The van der Waals surface area contributed by atoms with Gasteiger partial charge in [0.25, 0.3) is 5.91 Å². The van der Waals surface area contributed by atoms with E-state index >= 15 is 0 Å². The van der Waals surface area contributed by atoms with Gasteiger partial charge in [0.1, 0.15) is 11.3 Å². The van der Waals surface area contributed by atoms with Crippen LogP contribution in [0, 0.1) is 0 Å². The van der Waals surface area contributed by atoms with Gasteiger partial charge in [-0.25, -0.2) is 4.98 Å². The summed E-state index contributed by atoms with van der Waals surface area (Å²) in [5.41, 5.74) is 0.392. The van der Waals surface area contributed by atoms with E-state index in [-0.39, 0.29) is 28.7 Å². The molecular weight excluding hydrogens is 510 g/mol. The Kier molecular flexibility index (Phi) is 6.94. The lowest BCUT2D eigenvalue weighted by Gasteiger charge is -2.29. The summed E-state index contributed by atoms with van der Waals surface area (Å²) in [5, 5.41) is 21.5. The molecule has 1 amide bonds. The molecule has 2 aromatic carbocycles. The maximum absolute atomic E-state index is 13.1. The highest BCUT2D eigenvalue weighted by molar-refractivity contribution is 6.07. The standard InChI is InChI=1S/C27H24F2N6O4/c1-3-35-21-13-20(23(36)32-18-14-30-31-15-18)24(38-2)33-22(21)34-25(35)27(37,16-7-5-4-6-8-16)17-9-11-19(12-10-17)39-26(28)29/h4-15,26,37H,3H2,1-2H3,(H,30,31)(H,32,36). The number of anilines is 1. The summed E-state index contributed by atoms with van der Waals surface area (Å²) in [5.74, 6) is -0.253. The first kappa shape index (κ1) is 25.8. The summed E-state index contributed by atoms with van der Waals surface area (Å²) >= 11 is 0. The molecule has 0 saturated carbocycles. The normalized spacial score (nSPS) is 12.9. The van der Waals surface area contributed by atoms with Crippen LogP contribution in [0.1, 0.15) is 34.2 Å². The number of methoxy groups -OCH3 is 1. The Morgan fingerprint density at radius 3 is 2.46 bits per heavy atom. The van der Waals surface area contributed by atoms with Crippen molar-refractivity contribution in [2.75, 3.05) is 12.4 Å². The Hall–Kier alpha value is -4.84. The van der Waals surface area contributed by atoms with Gasteiger partial charge in [-0.15, -0.1) is 0 Å². The van der Waals surface area contributed by atoms with Gasteiger partial charge in [0.15, 0.2) is 17.1 Å². The largest absolute Gasteiger partial charge is 0.480 e. The van der Waals surface area contributed by atoms with Gasteiger partial charge in [-0.05, 0) is 36.2 Å². The number of benzene rings is 2. The van der Waals surface area contributed by atoms with Crippen molar-refractivity contribution in [2.24, 2.45) is 0 Å². The van der Waals surface area contributed by atoms with Crippen LogP contribution in [0.4, 0.5) is 14.5 Å². The smallest absolute Gasteiger partial charge is 0.387 e. The molecule has 0 spiro atoms. The maximum atomic E-state index is 13.1. The van der Waals surface area contributed by atoms with Crippen LogP contribution in [0.5, 0.6) is 11.6 Å². The number of aromatic nitrogens is 5. The molecule has 3 heterocycles. The highest BCUT2D eigenvalue weighted by Gasteiger charge is 2.39. The quantitative estimate of drug-likeness (QED) is 0.257. The summed E-state index contributed by atoms with van der Waals surface area (Å²) in [7, 11) is 1.39. The van der Waals surface area contributed by atoms with Crippen LogP contribution in [-0.2, 0) is 12.1 Å². The summed E-state index contributed by atoms with van der Waals surface area (Å²) in [6.45, 7) is -0.746. The molecule has 39 heavy (non-hydrogen) atoms. The van der Waals surface area contributed by atoms with Gasteiger partial charge in [0, 0.05) is 12.7 Å². The Balaban J connectivity index is 1.68. The number of aromatic amines is 1. The number of hydrogen-bond acceptors (Lipinski definition) is 7. The number of halogens is 2. The third kappa shape index (κ3) is 4.77. The highest BCUT2D eigenvalue weighted by atomic mass is 19.3. The number of ether oxygens (including phenoxy) is 2. The van der Waals surface area contributed by atoms with E-state index in [1.54, 1.807) is 34.9 Å². The zero-order chi connectivity index (χ0) is 27.6. The van der Waals surface area contributed by atoms with Crippen LogP contribution < -0.4 is 14.8 Å². The van der Waals surface area contributed by atoms with Crippen molar-refractivity contribution in [3.05, 3.63) is 95.6 Å². The SMILES string of the molecule is CCn1c(C(O)(c2ccccc2)c2ccc(OC(F)F)cc2)nc2nc(OC)c(C(=O)Nc3cn[nH]c3)cc21. The van der Waals surface area contributed by atoms with E-state index in [0.717, 1.165) is 0 Å². The maximum Gasteiger partial charge on any atom is 0.387 e. The van der Waals surface area contributed by atoms with E-state index in [0.29, 0.717) is 28.9 Å². The van der Waals surface area contributed by atoms with Crippen molar-refractivity contribution >= 4 is 22.8 Å². The number of carbonyl (C=O) groups excluding carboxylic acids is 1. The lowest BCUT2D eigenvalue weighted by Crippen LogP contribution is -2.32. The van der Waals surface area contributed by atoms with E-state index in [9.17, 15) is 18.7 Å². The van der Waals surface area contributed by atoms with Gasteiger partial charge in [0.2, 0.25) is 5.88 Å². The fourth-order valence-corrected chi connectivity index (χ4v) is 4.45. The van der Waals surface area contributed by atoms with Crippen molar-refractivity contribution in [2.45, 2.75) is 25.7 Å². The van der Waals surface area contributed by atoms with Crippen LogP contribution in [0.15, 0.2) is 73.1 Å². The molecular formula is C27H24F2N6O4. The van der Waals surface area contributed by atoms with Crippen molar-refractivity contribution in [3.63, 3.8) is 0 Å². The van der Waals surface area contributed by atoms with Gasteiger partial charge >= 0.3 is 6.61 Å². The number of rotatable bonds is 9. The monoisotopic (exact) mass is 534 g/mol. The molecule has 3 aromatic heterocycles. The number of hydrogen-bond donors (Lipinski definition) is 3. The minimum atomic E-state index is -2.98. The topological polar surface area (TPSA) is 127 Å². The number of carbonyl (C=O) groups is 1. The number of fused-ring (bicyclic) bond motifs is 1. The molecule has 0 bridgehead atoms.